The fourth-order valence-electron chi connectivity index (χ4n) is 1.68. The Morgan fingerprint density at radius 3 is 3.00 bits per heavy atom. The largest absolute Gasteiger partial charge is 0.376 e. The standard InChI is InChI=1S/C9H14ClN3O2/c1-13-9(6(10)4-12-13)8(11)7-5-14-2-3-15-7/h4,7-8H,2-3,5,11H2,1H3. The number of halogens is 1. The third-order valence-corrected chi connectivity index (χ3v) is 2.79. The van der Waals surface area contributed by atoms with Crippen LogP contribution in [0.4, 0.5) is 0 Å². The van der Waals surface area contributed by atoms with E-state index in [0.717, 1.165) is 5.69 Å². The number of hydrogen-bond donors (Lipinski definition) is 1. The van der Waals surface area contributed by atoms with E-state index in [1.54, 1.807) is 10.9 Å². The number of aryl methyl sites for hydroxylation is 1. The lowest BCUT2D eigenvalue weighted by Gasteiger charge is -2.28. The molecule has 1 aromatic heterocycles. The zero-order chi connectivity index (χ0) is 10.8. The van der Waals surface area contributed by atoms with Gasteiger partial charge in [-0.1, -0.05) is 11.6 Å². The summed E-state index contributed by atoms with van der Waals surface area (Å²) in [5.41, 5.74) is 6.85. The molecule has 2 rings (SSSR count). The number of hydrogen-bond acceptors (Lipinski definition) is 4. The van der Waals surface area contributed by atoms with Gasteiger partial charge in [-0.15, -0.1) is 0 Å². The predicted molar refractivity (Wildman–Crippen MR) is 55.7 cm³/mol. The van der Waals surface area contributed by atoms with Crippen molar-refractivity contribution in [1.82, 2.24) is 9.78 Å². The molecular weight excluding hydrogens is 218 g/mol. The molecule has 2 atom stereocenters. The Hall–Kier alpha value is -0.620. The van der Waals surface area contributed by atoms with Gasteiger partial charge in [0.15, 0.2) is 0 Å². The topological polar surface area (TPSA) is 62.3 Å². The molecule has 2 N–H and O–H groups in total. The van der Waals surface area contributed by atoms with Crippen molar-refractivity contribution < 1.29 is 9.47 Å². The highest BCUT2D eigenvalue weighted by molar-refractivity contribution is 6.31. The molecule has 6 heteroatoms. The molecule has 1 aliphatic heterocycles. The maximum Gasteiger partial charge on any atom is 0.102 e. The summed E-state index contributed by atoms with van der Waals surface area (Å²) >= 11 is 6.00. The lowest BCUT2D eigenvalue weighted by Crippen LogP contribution is -2.38. The van der Waals surface area contributed by atoms with E-state index in [2.05, 4.69) is 5.10 Å². The molecule has 5 nitrogen and oxygen atoms in total. The van der Waals surface area contributed by atoms with Crippen molar-refractivity contribution in [3.8, 4) is 0 Å². The van der Waals surface area contributed by atoms with Crippen LogP contribution in [0.25, 0.3) is 0 Å². The van der Waals surface area contributed by atoms with Gasteiger partial charge in [-0.2, -0.15) is 5.10 Å². The highest BCUT2D eigenvalue weighted by Gasteiger charge is 2.27. The van der Waals surface area contributed by atoms with Crippen LogP contribution in [0, 0.1) is 0 Å². The van der Waals surface area contributed by atoms with Gasteiger partial charge in [-0.25, -0.2) is 0 Å². The quantitative estimate of drug-likeness (QED) is 0.805. The van der Waals surface area contributed by atoms with Gasteiger partial charge in [0.25, 0.3) is 0 Å². The normalized spacial score (nSPS) is 24.1. The van der Waals surface area contributed by atoms with Gasteiger partial charge in [-0.3, -0.25) is 4.68 Å². The van der Waals surface area contributed by atoms with Crippen molar-refractivity contribution in [2.24, 2.45) is 12.8 Å². The van der Waals surface area contributed by atoms with E-state index in [1.165, 1.54) is 0 Å². The van der Waals surface area contributed by atoms with Crippen molar-refractivity contribution in [2.45, 2.75) is 12.1 Å². The minimum absolute atomic E-state index is 0.147. The molecule has 0 aliphatic carbocycles. The second-order valence-corrected chi connectivity index (χ2v) is 3.92. The summed E-state index contributed by atoms with van der Waals surface area (Å²) in [6, 6.07) is -0.301. The van der Waals surface area contributed by atoms with Crippen LogP contribution in [-0.2, 0) is 16.5 Å². The smallest absolute Gasteiger partial charge is 0.102 e. The van der Waals surface area contributed by atoms with Crippen molar-refractivity contribution in [2.75, 3.05) is 19.8 Å². The molecule has 0 amide bonds. The molecule has 0 aromatic carbocycles. The van der Waals surface area contributed by atoms with E-state index >= 15 is 0 Å². The van der Waals surface area contributed by atoms with Gasteiger partial charge >= 0.3 is 0 Å². The molecule has 1 saturated heterocycles. The summed E-state index contributed by atoms with van der Waals surface area (Å²) in [6.07, 6.45) is 1.44. The van der Waals surface area contributed by atoms with Crippen molar-refractivity contribution >= 4 is 11.6 Å². The zero-order valence-corrected chi connectivity index (χ0v) is 9.28. The monoisotopic (exact) mass is 231 g/mol. The highest BCUT2D eigenvalue weighted by atomic mass is 35.5. The molecule has 2 heterocycles. The molecule has 15 heavy (non-hydrogen) atoms. The van der Waals surface area contributed by atoms with Gasteiger partial charge in [0.05, 0.1) is 42.8 Å². The van der Waals surface area contributed by atoms with E-state index in [1.807, 2.05) is 7.05 Å². The second kappa shape index (κ2) is 4.49. The third-order valence-electron chi connectivity index (χ3n) is 2.50. The van der Waals surface area contributed by atoms with Crippen LogP contribution in [0.3, 0.4) is 0 Å². The number of ether oxygens (including phenoxy) is 2. The van der Waals surface area contributed by atoms with E-state index in [0.29, 0.717) is 24.8 Å². The summed E-state index contributed by atoms with van der Waals surface area (Å²) < 4.78 is 12.5. The Morgan fingerprint density at radius 2 is 2.47 bits per heavy atom. The first-order valence-corrected chi connectivity index (χ1v) is 5.20. The van der Waals surface area contributed by atoms with Gasteiger partial charge in [0.2, 0.25) is 0 Å². The SMILES string of the molecule is Cn1ncc(Cl)c1C(N)C1COCCO1. The second-order valence-electron chi connectivity index (χ2n) is 3.51. The number of rotatable bonds is 2. The molecule has 1 aromatic rings. The first-order valence-electron chi connectivity index (χ1n) is 4.82. The van der Waals surface area contributed by atoms with E-state index in [4.69, 9.17) is 26.8 Å². The fourth-order valence-corrected chi connectivity index (χ4v) is 1.98. The lowest BCUT2D eigenvalue weighted by molar-refractivity contribution is -0.0983. The van der Waals surface area contributed by atoms with Crippen molar-refractivity contribution in [1.29, 1.82) is 0 Å². The van der Waals surface area contributed by atoms with Crippen LogP contribution in [0.5, 0.6) is 0 Å². The molecule has 0 saturated carbocycles. The number of nitrogens with zero attached hydrogens (tertiary/aromatic N) is 2. The van der Waals surface area contributed by atoms with Gasteiger partial charge in [-0.05, 0) is 0 Å². The lowest BCUT2D eigenvalue weighted by atomic mass is 10.1. The first-order chi connectivity index (χ1) is 7.20. The van der Waals surface area contributed by atoms with E-state index in [9.17, 15) is 0 Å². The van der Waals surface area contributed by atoms with Gasteiger partial charge in [0.1, 0.15) is 6.10 Å². The van der Waals surface area contributed by atoms with Crippen LogP contribution in [0.2, 0.25) is 5.02 Å². The molecular formula is C9H14ClN3O2. The third kappa shape index (κ3) is 2.15. The molecule has 1 aliphatic rings. The molecule has 84 valence electrons. The minimum atomic E-state index is -0.301. The van der Waals surface area contributed by atoms with Crippen LogP contribution in [0.1, 0.15) is 11.7 Å². The maximum atomic E-state index is 6.07. The van der Waals surface area contributed by atoms with Gasteiger partial charge < -0.3 is 15.2 Å². The summed E-state index contributed by atoms with van der Waals surface area (Å²) in [5, 5.41) is 4.61. The fraction of sp³-hybridized carbons (Fsp3) is 0.667. The minimum Gasteiger partial charge on any atom is -0.376 e. The molecule has 0 bridgehead atoms. The Morgan fingerprint density at radius 1 is 1.67 bits per heavy atom. The van der Waals surface area contributed by atoms with Crippen LogP contribution in [0.15, 0.2) is 6.20 Å². The van der Waals surface area contributed by atoms with Crippen molar-refractivity contribution in [3.05, 3.63) is 16.9 Å². The maximum absolute atomic E-state index is 6.07. The Kier molecular flexibility index (Phi) is 3.25. The summed E-state index contributed by atoms with van der Waals surface area (Å²) in [7, 11) is 1.81. The Bertz CT molecular complexity index is 317. The summed E-state index contributed by atoms with van der Waals surface area (Å²) in [5.74, 6) is 0. The van der Waals surface area contributed by atoms with E-state index in [-0.39, 0.29) is 12.1 Å². The van der Waals surface area contributed by atoms with Gasteiger partial charge in [0, 0.05) is 7.05 Å². The predicted octanol–water partition coefficient (Wildman–Crippen LogP) is 0.489. The zero-order valence-electron chi connectivity index (χ0n) is 8.52. The molecule has 2 unspecified atom stereocenters. The van der Waals surface area contributed by atoms with Crippen LogP contribution in [-0.4, -0.2) is 35.7 Å². The summed E-state index contributed by atoms with van der Waals surface area (Å²) in [4.78, 5) is 0. The average molecular weight is 232 g/mol. The van der Waals surface area contributed by atoms with Crippen LogP contribution < -0.4 is 5.73 Å². The van der Waals surface area contributed by atoms with Crippen molar-refractivity contribution in [3.63, 3.8) is 0 Å². The molecule has 0 radical (unpaired) electrons. The Balaban J connectivity index is 2.15. The Labute approximate surface area is 93.1 Å². The number of nitrogens with two attached hydrogens (primary N) is 1. The van der Waals surface area contributed by atoms with Crippen LogP contribution >= 0.6 is 11.6 Å². The molecule has 0 spiro atoms. The summed E-state index contributed by atoms with van der Waals surface area (Å²) in [6.45, 7) is 1.71. The number of aromatic nitrogens is 2. The highest BCUT2D eigenvalue weighted by Crippen LogP contribution is 2.25. The average Bonchev–Trinajstić information content (AvgIpc) is 2.59. The first kappa shape index (κ1) is 10.9. The van der Waals surface area contributed by atoms with E-state index < -0.39 is 0 Å². The molecule has 1 fully saturated rings.